The molecule has 0 atom stereocenters. The van der Waals surface area contributed by atoms with Gasteiger partial charge in [-0.2, -0.15) is 0 Å². The molecule has 1 aromatic heterocycles. The highest BCUT2D eigenvalue weighted by Gasteiger charge is 2.55. The van der Waals surface area contributed by atoms with Crippen LogP contribution in [0.25, 0.3) is 22.4 Å². The van der Waals surface area contributed by atoms with Crippen molar-refractivity contribution >= 4 is 17.7 Å². The lowest BCUT2D eigenvalue weighted by atomic mass is 9.70. The van der Waals surface area contributed by atoms with Gasteiger partial charge in [-0.3, -0.25) is 9.78 Å². The van der Waals surface area contributed by atoms with Gasteiger partial charge in [-0.1, -0.05) is 54.6 Å². The minimum atomic E-state index is -2.71. The second kappa shape index (κ2) is 10.9. The first kappa shape index (κ1) is 27.3. The number of ether oxygens (including phenoxy) is 1. The maximum absolute atomic E-state index is 13.5. The molecule has 2 saturated carbocycles. The summed E-state index contributed by atoms with van der Waals surface area (Å²) < 4.78 is 32.1. The number of amides is 2. The number of carbonyl (C=O) groups excluding carboxylic acids is 2. The second-order valence-corrected chi connectivity index (χ2v) is 11.7. The molecule has 2 heterocycles. The number of nitrogens with zero attached hydrogens (tertiary/aromatic N) is 2. The van der Waals surface area contributed by atoms with E-state index in [2.05, 4.69) is 5.32 Å². The fourth-order valence-electron chi connectivity index (χ4n) is 6.51. The summed E-state index contributed by atoms with van der Waals surface area (Å²) in [7, 11) is 0. The third-order valence-corrected chi connectivity index (χ3v) is 8.66. The summed E-state index contributed by atoms with van der Waals surface area (Å²) in [6.07, 6.45) is 4.70. The summed E-state index contributed by atoms with van der Waals surface area (Å²) in [6, 6.07) is 19.3. The molecule has 0 spiro atoms. The zero-order valence-corrected chi connectivity index (χ0v) is 22.8. The third kappa shape index (κ3) is 5.81. The molecule has 1 saturated heterocycles. The van der Waals surface area contributed by atoms with Crippen LogP contribution in [0.2, 0.25) is 0 Å². The molecule has 3 N–H and O–H groups in total. The van der Waals surface area contributed by atoms with Gasteiger partial charge in [0, 0.05) is 36.4 Å². The molecule has 6 rings (SSSR count). The Morgan fingerprint density at radius 1 is 1.02 bits per heavy atom. The lowest BCUT2D eigenvalue weighted by molar-refractivity contribution is -0.125. The Bertz CT molecular complexity index is 1410. The molecular formula is C32H34F2N4O3. The van der Waals surface area contributed by atoms with Crippen LogP contribution in [0, 0.1) is 5.92 Å². The van der Waals surface area contributed by atoms with Gasteiger partial charge < -0.3 is 20.7 Å². The van der Waals surface area contributed by atoms with Gasteiger partial charge in [-0.25, -0.2) is 13.6 Å². The first-order chi connectivity index (χ1) is 19.7. The lowest BCUT2D eigenvalue weighted by Crippen LogP contribution is -2.55. The predicted octanol–water partition coefficient (Wildman–Crippen LogP) is 6.34. The number of hydrogen-bond acceptors (Lipinski definition) is 5. The summed E-state index contributed by atoms with van der Waals surface area (Å²) >= 11 is 0. The fourth-order valence-corrected chi connectivity index (χ4v) is 6.51. The molecule has 214 valence electrons. The van der Waals surface area contributed by atoms with Crippen LogP contribution in [-0.2, 0) is 15.1 Å². The Morgan fingerprint density at radius 3 is 2.37 bits per heavy atom. The topological polar surface area (TPSA) is 97.5 Å². The quantitative estimate of drug-likeness (QED) is 0.352. The standard InChI is InChI=1S/C32H34F2N4O3/c33-32(34)19-31(35,20-32)24-10-8-23(9-11-24)29-27(22-4-2-1-3-5-22)17-25(18-36-29)37-28(39)16-21-6-12-26(13-7-21)38-14-15-41-30(38)40/h1-5,8-11,17-18,21,26H,6-7,12-16,19-20,35H2,(H,37,39). The van der Waals surface area contributed by atoms with Gasteiger partial charge in [0.05, 0.1) is 29.7 Å². The molecule has 2 aliphatic carbocycles. The first-order valence-electron chi connectivity index (χ1n) is 14.3. The van der Waals surface area contributed by atoms with Crippen LogP contribution in [0.15, 0.2) is 66.9 Å². The number of nitrogens with one attached hydrogen (secondary N) is 1. The molecule has 2 amide bonds. The monoisotopic (exact) mass is 560 g/mol. The first-order valence-corrected chi connectivity index (χ1v) is 14.3. The smallest absolute Gasteiger partial charge is 0.410 e. The van der Waals surface area contributed by atoms with E-state index in [1.165, 1.54) is 0 Å². The minimum absolute atomic E-state index is 0.0579. The predicted molar refractivity (Wildman–Crippen MR) is 152 cm³/mol. The molecule has 1 aliphatic heterocycles. The fraction of sp³-hybridized carbons (Fsp3) is 0.406. The molecule has 3 fully saturated rings. The van der Waals surface area contributed by atoms with E-state index < -0.39 is 11.5 Å². The third-order valence-electron chi connectivity index (χ3n) is 8.66. The van der Waals surface area contributed by atoms with Crippen LogP contribution < -0.4 is 11.1 Å². The highest BCUT2D eigenvalue weighted by molar-refractivity contribution is 5.93. The SMILES string of the molecule is NC1(c2ccc(-c3ncc(NC(=O)CC4CCC(N5CCOC5=O)CC4)cc3-c3ccccc3)cc2)CC(F)(F)C1. The zero-order chi connectivity index (χ0) is 28.6. The number of alkyl halides is 2. The molecule has 9 heteroatoms. The molecular weight excluding hydrogens is 526 g/mol. The van der Waals surface area contributed by atoms with Gasteiger partial charge in [0.1, 0.15) is 6.61 Å². The summed E-state index contributed by atoms with van der Waals surface area (Å²) in [5.74, 6) is -2.50. The van der Waals surface area contributed by atoms with Crippen molar-refractivity contribution in [2.75, 3.05) is 18.5 Å². The van der Waals surface area contributed by atoms with Gasteiger partial charge >= 0.3 is 6.09 Å². The van der Waals surface area contributed by atoms with E-state index in [1.54, 1.807) is 18.3 Å². The largest absolute Gasteiger partial charge is 0.448 e. The summed E-state index contributed by atoms with van der Waals surface area (Å²) in [5.41, 5.74) is 9.88. The highest BCUT2D eigenvalue weighted by atomic mass is 19.3. The summed E-state index contributed by atoms with van der Waals surface area (Å²) in [6.45, 7) is 1.11. The molecule has 0 unspecified atom stereocenters. The Hall–Kier alpha value is -3.85. The minimum Gasteiger partial charge on any atom is -0.448 e. The molecule has 0 radical (unpaired) electrons. The number of halogens is 2. The number of hydrogen-bond donors (Lipinski definition) is 2. The normalized spacial score (nSPS) is 23.0. The molecule has 7 nitrogen and oxygen atoms in total. The van der Waals surface area contributed by atoms with Crippen LogP contribution in [0.5, 0.6) is 0 Å². The highest BCUT2D eigenvalue weighted by Crippen LogP contribution is 2.50. The van der Waals surface area contributed by atoms with Crippen LogP contribution in [0.1, 0.15) is 50.5 Å². The average molecular weight is 561 g/mol. The average Bonchev–Trinajstić information content (AvgIpc) is 3.38. The van der Waals surface area contributed by atoms with E-state index in [1.807, 2.05) is 53.4 Å². The van der Waals surface area contributed by atoms with Crippen LogP contribution in [0.4, 0.5) is 19.3 Å². The number of pyridine rings is 1. The Balaban J connectivity index is 1.15. The summed E-state index contributed by atoms with van der Waals surface area (Å²) in [4.78, 5) is 31.4. The van der Waals surface area contributed by atoms with E-state index in [9.17, 15) is 18.4 Å². The molecule has 41 heavy (non-hydrogen) atoms. The van der Waals surface area contributed by atoms with Crippen LogP contribution in [0.3, 0.4) is 0 Å². The van der Waals surface area contributed by atoms with Crippen molar-refractivity contribution < 1.29 is 23.1 Å². The number of benzene rings is 2. The Morgan fingerprint density at radius 2 is 1.73 bits per heavy atom. The number of anilines is 1. The van der Waals surface area contributed by atoms with Crippen molar-refractivity contribution in [3.05, 3.63) is 72.4 Å². The van der Waals surface area contributed by atoms with Crippen molar-refractivity contribution in [3.63, 3.8) is 0 Å². The Labute approximate surface area is 238 Å². The van der Waals surface area contributed by atoms with Gasteiger partial charge in [-0.15, -0.1) is 0 Å². The molecule has 0 bridgehead atoms. The number of rotatable bonds is 7. The van der Waals surface area contributed by atoms with Gasteiger partial charge in [0.15, 0.2) is 0 Å². The second-order valence-electron chi connectivity index (χ2n) is 11.7. The lowest BCUT2D eigenvalue weighted by Gasteiger charge is -2.44. The van der Waals surface area contributed by atoms with E-state index >= 15 is 0 Å². The van der Waals surface area contributed by atoms with Gasteiger partial charge in [0.25, 0.3) is 5.92 Å². The Kier molecular flexibility index (Phi) is 7.23. The van der Waals surface area contributed by atoms with Crippen molar-refractivity contribution in [1.82, 2.24) is 9.88 Å². The van der Waals surface area contributed by atoms with E-state index in [0.29, 0.717) is 30.8 Å². The van der Waals surface area contributed by atoms with Crippen molar-refractivity contribution in [1.29, 1.82) is 0 Å². The number of cyclic esters (lactones) is 1. The zero-order valence-electron chi connectivity index (χ0n) is 22.8. The van der Waals surface area contributed by atoms with E-state index in [4.69, 9.17) is 15.5 Å². The van der Waals surface area contributed by atoms with Gasteiger partial charge in [0.2, 0.25) is 5.91 Å². The summed E-state index contributed by atoms with van der Waals surface area (Å²) in [5, 5.41) is 3.03. The van der Waals surface area contributed by atoms with E-state index in [-0.39, 0.29) is 36.8 Å². The number of nitrogens with two attached hydrogens (primary N) is 1. The maximum atomic E-state index is 13.5. The van der Waals surface area contributed by atoms with Crippen molar-refractivity contribution in [2.24, 2.45) is 11.7 Å². The van der Waals surface area contributed by atoms with Crippen molar-refractivity contribution in [2.45, 2.75) is 62.4 Å². The number of carbonyl (C=O) groups is 2. The molecule has 3 aliphatic rings. The maximum Gasteiger partial charge on any atom is 0.410 e. The van der Waals surface area contributed by atoms with Crippen molar-refractivity contribution in [3.8, 4) is 22.4 Å². The number of aromatic nitrogens is 1. The molecule has 3 aromatic rings. The van der Waals surface area contributed by atoms with Crippen LogP contribution in [-0.4, -0.2) is 47.0 Å². The van der Waals surface area contributed by atoms with Crippen LogP contribution >= 0.6 is 0 Å². The molecule has 2 aromatic carbocycles. The van der Waals surface area contributed by atoms with Gasteiger partial charge in [-0.05, 0) is 48.8 Å². The van der Waals surface area contributed by atoms with E-state index in [0.717, 1.165) is 48.1 Å².